The third-order valence-electron chi connectivity index (χ3n) is 2.77. The van der Waals surface area contributed by atoms with Crippen LogP contribution in [0.5, 0.6) is 0 Å². The minimum Gasteiger partial charge on any atom is -0.327 e. The fourth-order valence-corrected chi connectivity index (χ4v) is 1.51. The summed E-state index contributed by atoms with van der Waals surface area (Å²) >= 11 is 0. The largest absolute Gasteiger partial charge is 0.327 e. The Bertz CT molecular complexity index is 111. The molecule has 2 atom stereocenters. The van der Waals surface area contributed by atoms with Crippen molar-refractivity contribution in [2.45, 2.75) is 52.0 Å². The molecule has 1 fully saturated rings. The molecule has 0 saturated heterocycles. The third kappa shape index (κ3) is 1.72. The zero-order chi connectivity index (χ0) is 7.61. The average Bonchev–Trinajstić information content (AvgIpc) is 2.42. The van der Waals surface area contributed by atoms with Gasteiger partial charge in [-0.1, -0.05) is 33.1 Å². The minimum atomic E-state index is 0.518. The molecular formula is C9H19N. The van der Waals surface area contributed by atoms with E-state index in [1.165, 1.54) is 32.1 Å². The van der Waals surface area contributed by atoms with Crippen molar-refractivity contribution < 1.29 is 0 Å². The second-order valence-corrected chi connectivity index (χ2v) is 3.92. The van der Waals surface area contributed by atoms with E-state index in [1.807, 2.05) is 0 Å². The maximum Gasteiger partial charge on any atom is 0.00992 e. The third-order valence-corrected chi connectivity index (χ3v) is 2.77. The van der Waals surface area contributed by atoms with Gasteiger partial charge in [0.15, 0.2) is 0 Å². The summed E-state index contributed by atoms with van der Waals surface area (Å²) in [6, 6.07) is 0.518. The second kappa shape index (κ2) is 2.91. The van der Waals surface area contributed by atoms with Crippen molar-refractivity contribution in [1.29, 1.82) is 0 Å². The summed E-state index contributed by atoms with van der Waals surface area (Å²) in [4.78, 5) is 0. The normalized spacial score (nSPS) is 38.1. The fourth-order valence-electron chi connectivity index (χ4n) is 1.51. The molecule has 0 aromatic rings. The van der Waals surface area contributed by atoms with Gasteiger partial charge >= 0.3 is 0 Å². The van der Waals surface area contributed by atoms with Gasteiger partial charge in [-0.3, -0.25) is 0 Å². The Labute approximate surface area is 64.0 Å². The predicted molar refractivity (Wildman–Crippen MR) is 44.8 cm³/mol. The topological polar surface area (TPSA) is 26.0 Å². The Kier molecular flexibility index (Phi) is 2.35. The highest BCUT2D eigenvalue weighted by molar-refractivity contribution is 5.02. The zero-order valence-corrected chi connectivity index (χ0v) is 7.19. The molecule has 0 bridgehead atoms. The molecule has 0 aromatic heterocycles. The van der Waals surface area contributed by atoms with Crippen LogP contribution in [0, 0.1) is 5.41 Å². The van der Waals surface area contributed by atoms with E-state index in [9.17, 15) is 0 Å². The molecule has 0 aromatic carbocycles. The lowest BCUT2D eigenvalue weighted by Gasteiger charge is -2.07. The molecule has 0 amide bonds. The molecule has 2 unspecified atom stereocenters. The molecule has 1 aliphatic carbocycles. The van der Waals surface area contributed by atoms with Crippen LogP contribution in [0.15, 0.2) is 0 Å². The summed E-state index contributed by atoms with van der Waals surface area (Å²) in [7, 11) is 0. The molecule has 10 heavy (non-hydrogen) atoms. The van der Waals surface area contributed by atoms with Crippen LogP contribution in [0.2, 0.25) is 0 Å². The molecule has 1 aliphatic rings. The van der Waals surface area contributed by atoms with E-state index < -0.39 is 0 Å². The predicted octanol–water partition coefficient (Wildman–Crippen LogP) is 2.30. The molecule has 1 heteroatoms. The Hall–Kier alpha value is -0.0400. The van der Waals surface area contributed by atoms with Crippen molar-refractivity contribution in [2.75, 3.05) is 0 Å². The van der Waals surface area contributed by atoms with E-state index in [4.69, 9.17) is 5.73 Å². The highest BCUT2D eigenvalue weighted by atomic mass is 14.8. The molecule has 0 heterocycles. The van der Waals surface area contributed by atoms with Crippen LogP contribution in [0.3, 0.4) is 0 Å². The summed E-state index contributed by atoms with van der Waals surface area (Å²) in [5.41, 5.74) is 6.32. The summed E-state index contributed by atoms with van der Waals surface area (Å²) in [5, 5.41) is 0. The first-order valence-corrected chi connectivity index (χ1v) is 4.44. The second-order valence-electron chi connectivity index (χ2n) is 3.92. The summed E-state index contributed by atoms with van der Waals surface area (Å²) in [5.74, 6) is 0. The van der Waals surface area contributed by atoms with Crippen LogP contribution in [0.25, 0.3) is 0 Å². The molecular weight excluding hydrogens is 122 g/mol. The van der Waals surface area contributed by atoms with Gasteiger partial charge in [0.2, 0.25) is 0 Å². The van der Waals surface area contributed by atoms with Crippen molar-refractivity contribution in [3.05, 3.63) is 0 Å². The van der Waals surface area contributed by atoms with Crippen molar-refractivity contribution in [2.24, 2.45) is 11.1 Å². The van der Waals surface area contributed by atoms with Crippen molar-refractivity contribution in [3.63, 3.8) is 0 Å². The van der Waals surface area contributed by atoms with E-state index in [2.05, 4.69) is 13.8 Å². The lowest BCUT2D eigenvalue weighted by atomic mass is 10.0. The Morgan fingerprint density at radius 2 is 2.10 bits per heavy atom. The van der Waals surface area contributed by atoms with Crippen LogP contribution in [-0.4, -0.2) is 6.04 Å². The Morgan fingerprint density at radius 1 is 1.50 bits per heavy atom. The van der Waals surface area contributed by atoms with Gasteiger partial charge in [-0.25, -0.2) is 0 Å². The van der Waals surface area contributed by atoms with E-state index >= 15 is 0 Å². The van der Waals surface area contributed by atoms with Crippen molar-refractivity contribution in [1.82, 2.24) is 0 Å². The molecule has 0 radical (unpaired) electrons. The van der Waals surface area contributed by atoms with Crippen LogP contribution >= 0.6 is 0 Å². The van der Waals surface area contributed by atoms with Gasteiger partial charge < -0.3 is 5.73 Å². The molecule has 1 saturated carbocycles. The molecule has 60 valence electrons. The molecule has 0 aliphatic heterocycles. The highest BCUT2D eigenvalue weighted by Crippen LogP contribution is 2.47. The van der Waals surface area contributed by atoms with E-state index in [0.717, 1.165) is 0 Å². The number of nitrogens with two attached hydrogens (primary N) is 1. The smallest absolute Gasteiger partial charge is 0.00992 e. The van der Waals surface area contributed by atoms with Crippen LogP contribution in [-0.2, 0) is 0 Å². The zero-order valence-electron chi connectivity index (χ0n) is 7.19. The van der Waals surface area contributed by atoms with Crippen LogP contribution in [0.1, 0.15) is 46.0 Å². The van der Waals surface area contributed by atoms with Crippen LogP contribution in [0.4, 0.5) is 0 Å². The minimum absolute atomic E-state index is 0.518. The fraction of sp³-hybridized carbons (Fsp3) is 1.00. The van der Waals surface area contributed by atoms with E-state index in [-0.39, 0.29) is 0 Å². The Morgan fingerprint density at radius 3 is 2.50 bits per heavy atom. The summed E-state index contributed by atoms with van der Waals surface area (Å²) < 4.78 is 0. The van der Waals surface area contributed by atoms with Crippen LogP contribution < -0.4 is 5.73 Å². The van der Waals surface area contributed by atoms with Crippen molar-refractivity contribution >= 4 is 0 Å². The average molecular weight is 141 g/mol. The van der Waals surface area contributed by atoms with Gasteiger partial charge in [0.1, 0.15) is 0 Å². The van der Waals surface area contributed by atoms with E-state index in [0.29, 0.717) is 11.5 Å². The maximum atomic E-state index is 5.78. The first-order chi connectivity index (χ1) is 4.69. The highest BCUT2D eigenvalue weighted by Gasteiger charge is 2.46. The SMILES string of the molecule is CCCCCC1(C)CC1N. The lowest BCUT2D eigenvalue weighted by Crippen LogP contribution is -2.10. The molecule has 0 spiro atoms. The van der Waals surface area contributed by atoms with Gasteiger partial charge in [0.25, 0.3) is 0 Å². The van der Waals surface area contributed by atoms with E-state index in [1.54, 1.807) is 0 Å². The maximum absolute atomic E-state index is 5.78. The number of hydrogen-bond acceptors (Lipinski definition) is 1. The number of hydrogen-bond donors (Lipinski definition) is 1. The quantitative estimate of drug-likeness (QED) is 0.597. The Balaban J connectivity index is 2.03. The van der Waals surface area contributed by atoms with Gasteiger partial charge in [-0.05, 0) is 18.3 Å². The lowest BCUT2D eigenvalue weighted by molar-refractivity contribution is 0.463. The number of unbranched alkanes of at least 4 members (excludes halogenated alkanes) is 2. The van der Waals surface area contributed by atoms with Crippen molar-refractivity contribution in [3.8, 4) is 0 Å². The van der Waals surface area contributed by atoms with Gasteiger partial charge in [0, 0.05) is 6.04 Å². The monoisotopic (exact) mass is 141 g/mol. The standard InChI is InChI=1S/C9H19N/c1-3-4-5-6-9(2)7-8(9)10/h8H,3-7,10H2,1-2H3. The summed E-state index contributed by atoms with van der Waals surface area (Å²) in [6.07, 6.45) is 6.69. The number of rotatable bonds is 4. The summed E-state index contributed by atoms with van der Waals surface area (Å²) in [6.45, 7) is 4.56. The van der Waals surface area contributed by atoms with Gasteiger partial charge in [0.05, 0.1) is 0 Å². The molecule has 1 rings (SSSR count). The molecule has 1 nitrogen and oxygen atoms in total. The first kappa shape index (κ1) is 8.06. The van der Waals surface area contributed by atoms with Gasteiger partial charge in [-0.2, -0.15) is 0 Å². The van der Waals surface area contributed by atoms with Gasteiger partial charge in [-0.15, -0.1) is 0 Å². The molecule has 2 N–H and O–H groups in total. The first-order valence-electron chi connectivity index (χ1n) is 4.44.